The number of nitrogens with two attached hydrogens (primary N) is 1. The van der Waals surface area contributed by atoms with E-state index >= 15 is 0 Å². The molecule has 0 aliphatic carbocycles. The second kappa shape index (κ2) is 5.43. The summed E-state index contributed by atoms with van der Waals surface area (Å²) in [5.41, 5.74) is 4.76. The Balaban J connectivity index is 4.01. The molecule has 0 atom stereocenters. The van der Waals surface area contributed by atoms with Crippen LogP contribution in [0.5, 0.6) is 0 Å². The van der Waals surface area contributed by atoms with E-state index in [1.165, 1.54) is 4.90 Å². The van der Waals surface area contributed by atoms with Crippen LogP contribution in [0, 0.1) is 0 Å². The molecule has 0 saturated carbocycles. The van der Waals surface area contributed by atoms with Gasteiger partial charge in [-0.05, 0) is 20.8 Å². The van der Waals surface area contributed by atoms with E-state index in [4.69, 9.17) is 15.7 Å². The van der Waals surface area contributed by atoms with Crippen molar-refractivity contribution in [2.24, 2.45) is 10.9 Å². The van der Waals surface area contributed by atoms with Crippen LogP contribution in [0.15, 0.2) is 5.16 Å². The lowest BCUT2D eigenvalue weighted by atomic mass is 10.2. The van der Waals surface area contributed by atoms with Crippen LogP contribution < -0.4 is 5.73 Å². The highest BCUT2D eigenvalue weighted by Crippen LogP contribution is 2.09. The van der Waals surface area contributed by atoms with E-state index in [2.05, 4.69) is 5.16 Å². The third-order valence-electron chi connectivity index (χ3n) is 1.54. The molecular formula is C9H19N3O3. The van der Waals surface area contributed by atoms with Gasteiger partial charge < -0.3 is 20.6 Å². The van der Waals surface area contributed by atoms with Crippen molar-refractivity contribution in [2.75, 3.05) is 13.6 Å². The van der Waals surface area contributed by atoms with Gasteiger partial charge in [-0.15, -0.1) is 0 Å². The van der Waals surface area contributed by atoms with E-state index in [1.54, 1.807) is 27.8 Å². The van der Waals surface area contributed by atoms with Crippen LogP contribution in [0.2, 0.25) is 0 Å². The molecule has 0 heterocycles. The minimum absolute atomic E-state index is 0.0883. The van der Waals surface area contributed by atoms with Crippen molar-refractivity contribution >= 4 is 11.9 Å². The number of hydrogen-bond donors (Lipinski definition) is 2. The molecule has 0 bridgehead atoms. The standard InChI is InChI=1S/C9H19N3O3/c1-9(2,3)15-8(13)12(4)6-5-7(10)11-14/h14H,5-6H2,1-4H3,(H2,10,11). The predicted octanol–water partition coefficient (Wildman–Crippen LogP) is 0.990. The van der Waals surface area contributed by atoms with Crippen LogP contribution in [0.25, 0.3) is 0 Å². The van der Waals surface area contributed by atoms with E-state index in [1.807, 2.05) is 0 Å². The lowest BCUT2D eigenvalue weighted by molar-refractivity contribution is 0.0303. The van der Waals surface area contributed by atoms with Gasteiger partial charge >= 0.3 is 6.09 Å². The fourth-order valence-corrected chi connectivity index (χ4v) is 0.763. The van der Waals surface area contributed by atoms with Crippen molar-refractivity contribution in [3.05, 3.63) is 0 Å². The van der Waals surface area contributed by atoms with E-state index < -0.39 is 11.7 Å². The van der Waals surface area contributed by atoms with Crippen LogP contribution in [-0.4, -0.2) is 41.2 Å². The van der Waals surface area contributed by atoms with Crippen molar-refractivity contribution < 1.29 is 14.7 Å². The van der Waals surface area contributed by atoms with Gasteiger partial charge in [0, 0.05) is 20.0 Å². The Kier molecular flexibility index (Phi) is 4.90. The molecule has 0 spiro atoms. The van der Waals surface area contributed by atoms with Gasteiger partial charge in [0.15, 0.2) is 0 Å². The summed E-state index contributed by atoms with van der Waals surface area (Å²) in [5.74, 6) is 0.0883. The molecule has 88 valence electrons. The van der Waals surface area contributed by atoms with Crippen molar-refractivity contribution in [1.82, 2.24) is 4.90 Å². The van der Waals surface area contributed by atoms with Gasteiger partial charge in [0.1, 0.15) is 11.4 Å². The molecular weight excluding hydrogens is 198 g/mol. The summed E-state index contributed by atoms with van der Waals surface area (Å²) in [4.78, 5) is 12.8. The first-order valence-electron chi connectivity index (χ1n) is 4.67. The molecule has 15 heavy (non-hydrogen) atoms. The van der Waals surface area contributed by atoms with E-state index in [9.17, 15) is 4.79 Å². The molecule has 0 saturated heterocycles. The minimum Gasteiger partial charge on any atom is -0.444 e. The normalized spacial score (nSPS) is 12.4. The number of carbonyl (C=O) groups excluding carboxylic acids is 1. The summed E-state index contributed by atoms with van der Waals surface area (Å²) in [5, 5.41) is 11.1. The second-order valence-corrected chi connectivity index (χ2v) is 4.24. The van der Waals surface area contributed by atoms with Gasteiger partial charge in [-0.3, -0.25) is 0 Å². The Bertz CT molecular complexity index is 245. The number of amidine groups is 1. The number of carbonyl (C=O) groups is 1. The van der Waals surface area contributed by atoms with Gasteiger partial charge in [0.2, 0.25) is 0 Å². The summed E-state index contributed by atoms with van der Waals surface area (Å²) >= 11 is 0. The first kappa shape index (κ1) is 13.5. The molecule has 0 aliphatic heterocycles. The van der Waals surface area contributed by atoms with Crippen LogP contribution in [0.4, 0.5) is 4.79 Å². The first-order chi connectivity index (χ1) is 6.76. The Hall–Kier alpha value is -1.46. The third-order valence-corrected chi connectivity index (χ3v) is 1.54. The summed E-state index contributed by atoms with van der Waals surface area (Å²) < 4.78 is 5.11. The highest BCUT2D eigenvalue weighted by Gasteiger charge is 2.19. The summed E-state index contributed by atoms with van der Waals surface area (Å²) in [6.07, 6.45) is -0.111. The average Bonchev–Trinajstić information content (AvgIpc) is 2.10. The highest BCUT2D eigenvalue weighted by atomic mass is 16.6. The highest BCUT2D eigenvalue weighted by molar-refractivity contribution is 5.80. The Morgan fingerprint density at radius 2 is 2.07 bits per heavy atom. The molecule has 6 nitrogen and oxygen atoms in total. The largest absolute Gasteiger partial charge is 0.444 e. The van der Waals surface area contributed by atoms with Gasteiger partial charge in [-0.25, -0.2) is 4.79 Å². The van der Waals surface area contributed by atoms with Gasteiger partial charge in [-0.1, -0.05) is 5.16 Å². The molecule has 0 fully saturated rings. The lowest BCUT2D eigenvalue weighted by Crippen LogP contribution is -2.35. The molecule has 0 aromatic rings. The number of nitrogens with zero attached hydrogens (tertiary/aromatic N) is 2. The molecule has 0 aromatic heterocycles. The number of amides is 1. The maximum atomic E-state index is 11.4. The molecule has 0 aliphatic rings. The Morgan fingerprint density at radius 1 is 1.53 bits per heavy atom. The second-order valence-electron chi connectivity index (χ2n) is 4.24. The topological polar surface area (TPSA) is 88.1 Å². The fraction of sp³-hybridized carbons (Fsp3) is 0.778. The van der Waals surface area contributed by atoms with Crippen LogP contribution in [0.1, 0.15) is 27.2 Å². The molecule has 0 rings (SSSR count). The Morgan fingerprint density at radius 3 is 2.47 bits per heavy atom. The summed E-state index contributed by atoms with van der Waals surface area (Å²) in [6.45, 7) is 5.73. The average molecular weight is 217 g/mol. The maximum Gasteiger partial charge on any atom is 0.410 e. The van der Waals surface area contributed by atoms with E-state index in [0.717, 1.165) is 0 Å². The van der Waals surface area contributed by atoms with Gasteiger partial charge in [-0.2, -0.15) is 0 Å². The number of ether oxygens (including phenoxy) is 1. The third kappa shape index (κ3) is 6.59. The first-order valence-corrected chi connectivity index (χ1v) is 4.67. The smallest absolute Gasteiger partial charge is 0.410 e. The quantitative estimate of drug-likeness (QED) is 0.319. The van der Waals surface area contributed by atoms with Crippen molar-refractivity contribution in [1.29, 1.82) is 0 Å². The minimum atomic E-state index is -0.512. The van der Waals surface area contributed by atoms with E-state index in [0.29, 0.717) is 13.0 Å². The molecule has 3 N–H and O–H groups in total. The fourth-order valence-electron chi connectivity index (χ4n) is 0.763. The SMILES string of the molecule is CN(CC/C(N)=N/O)C(=O)OC(C)(C)C. The van der Waals surface area contributed by atoms with Gasteiger partial charge in [0.25, 0.3) is 0 Å². The predicted molar refractivity (Wildman–Crippen MR) is 56.9 cm³/mol. The molecule has 0 radical (unpaired) electrons. The zero-order valence-electron chi connectivity index (χ0n) is 9.65. The number of oxime groups is 1. The molecule has 1 amide bonds. The number of hydrogen-bond acceptors (Lipinski definition) is 4. The van der Waals surface area contributed by atoms with Crippen molar-refractivity contribution in [3.63, 3.8) is 0 Å². The van der Waals surface area contributed by atoms with Crippen molar-refractivity contribution in [2.45, 2.75) is 32.8 Å². The zero-order chi connectivity index (χ0) is 12.1. The summed E-state index contributed by atoms with van der Waals surface area (Å²) in [7, 11) is 1.60. The monoisotopic (exact) mass is 217 g/mol. The Labute approximate surface area is 89.7 Å². The molecule has 6 heteroatoms. The molecule has 0 aromatic carbocycles. The number of rotatable bonds is 3. The van der Waals surface area contributed by atoms with Gasteiger partial charge in [0.05, 0.1) is 0 Å². The van der Waals surface area contributed by atoms with Crippen LogP contribution in [0.3, 0.4) is 0 Å². The van der Waals surface area contributed by atoms with Crippen molar-refractivity contribution in [3.8, 4) is 0 Å². The van der Waals surface area contributed by atoms with E-state index in [-0.39, 0.29) is 5.84 Å². The zero-order valence-corrected chi connectivity index (χ0v) is 9.65. The molecule has 0 unspecified atom stereocenters. The maximum absolute atomic E-state index is 11.4. The summed E-state index contributed by atoms with van der Waals surface area (Å²) in [6, 6.07) is 0. The van der Waals surface area contributed by atoms with Crippen LogP contribution >= 0.6 is 0 Å². The van der Waals surface area contributed by atoms with Crippen LogP contribution in [-0.2, 0) is 4.74 Å². The lowest BCUT2D eigenvalue weighted by Gasteiger charge is -2.24.